The van der Waals surface area contributed by atoms with Gasteiger partial charge in [0.15, 0.2) is 5.65 Å². The van der Waals surface area contributed by atoms with Gasteiger partial charge in [-0.2, -0.15) is 0 Å². The Morgan fingerprint density at radius 3 is 2.60 bits per heavy atom. The molecule has 9 nitrogen and oxygen atoms in total. The summed E-state index contributed by atoms with van der Waals surface area (Å²) in [6, 6.07) is 15.5. The first-order chi connectivity index (χ1) is 14.4. The maximum Gasteiger partial charge on any atom is 0.270 e. The molecule has 9 heteroatoms. The minimum atomic E-state index is -0.557. The van der Waals surface area contributed by atoms with Gasteiger partial charge >= 0.3 is 0 Å². The molecule has 0 bridgehead atoms. The van der Waals surface area contributed by atoms with Crippen molar-refractivity contribution < 1.29 is 9.72 Å². The standard InChI is InChI=1S/C21H15N5O4/c1-13-23-19-18(6-3-11-22-19)21(28)25(13)16-9-7-15(8-10-16)24-20(27)14-4-2-5-17(12-14)26(29)30/h2-12H,1H3,(H,24,27). The molecule has 4 aromatic rings. The predicted molar refractivity (Wildman–Crippen MR) is 111 cm³/mol. The second-order valence-electron chi connectivity index (χ2n) is 6.48. The lowest BCUT2D eigenvalue weighted by molar-refractivity contribution is -0.384. The summed E-state index contributed by atoms with van der Waals surface area (Å²) in [5, 5.41) is 14.0. The van der Waals surface area contributed by atoms with Crippen molar-refractivity contribution in [2.24, 2.45) is 0 Å². The Morgan fingerprint density at radius 1 is 1.10 bits per heavy atom. The summed E-state index contributed by atoms with van der Waals surface area (Å²) < 4.78 is 1.47. The van der Waals surface area contributed by atoms with Crippen LogP contribution >= 0.6 is 0 Å². The quantitative estimate of drug-likeness (QED) is 0.414. The van der Waals surface area contributed by atoms with Crippen LogP contribution in [0.2, 0.25) is 0 Å². The molecule has 0 aliphatic heterocycles. The number of anilines is 1. The monoisotopic (exact) mass is 401 g/mol. The van der Waals surface area contributed by atoms with Crippen LogP contribution in [-0.2, 0) is 0 Å². The van der Waals surface area contributed by atoms with Gasteiger partial charge in [-0.05, 0) is 49.4 Å². The Labute approximate surface area is 169 Å². The number of non-ortho nitro benzene ring substituents is 1. The molecule has 4 rings (SSSR count). The van der Waals surface area contributed by atoms with Crippen LogP contribution in [-0.4, -0.2) is 25.4 Å². The van der Waals surface area contributed by atoms with Gasteiger partial charge in [0, 0.05) is 29.6 Å². The van der Waals surface area contributed by atoms with E-state index >= 15 is 0 Å². The first-order valence-electron chi connectivity index (χ1n) is 8.94. The van der Waals surface area contributed by atoms with Gasteiger partial charge in [0.1, 0.15) is 5.82 Å². The molecule has 0 radical (unpaired) electrons. The Hall–Kier alpha value is -4.40. The van der Waals surface area contributed by atoms with Gasteiger partial charge in [0.2, 0.25) is 0 Å². The van der Waals surface area contributed by atoms with E-state index in [9.17, 15) is 19.7 Å². The number of fused-ring (bicyclic) bond motifs is 1. The van der Waals surface area contributed by atoms with Crippen molar-refractivity contribution in [3.63, 3.8) is 0 Å². The van der Waals surface area contributed by atoms with E-state index < -0.39 is 10.8 Å². The number of nitro benzene ring substituents is 1. The molecule has 0 aliphatic rings. The Kier molecular flexibility index (Phi) is 4.77. The number of carbonyl (C=O) groups is 1. The number of aryl methyl sites for hydroxylation is 1. The summed E-state index contributed by atoms with van der Waals surface area (Å²) in [5.74, 6) is 0.0119. The maximum absolute atomic E-state index is 12.8. The molecule has 0 fully saturated rings. The van der Waals surface area contributed by atoms with Crippen LogP contribution in [0.25, 0.3) is 16.7 Å². The van der Waals surface area contributed by atoms with Gasteiger partial charge in [0.25, 0.3) is 17.2 Å². The van der Waals surface area contributed by atoms with Crippen molar-refractivity contribution in [1.29, 1.82) is 0 Å². The summed E-state index contributed by atoms with van der Waals surface area (Å²) in [6.07, 6.45) is 1.58. The normalized spacial score (nSPS) is 10.7. The molecule has 0 aliphatic carbocycles. The lowest BCUT2D eigenvalue weighted by atomic mass is 10.2. The number of pyridine rings is 1. The number of hydrogen-bond donors (Lipinski definition) is 1. The fourth-order valence-electron chi connectivity index (χ4n) is 3.09. The van der Waals surface area contributed by atoms with Crippen molar-refractivity contribution in [2.45, 2.75) is 6.92 Å². The molecule has 0 saturated heterocycles. The summed E-state index contributed by atoms with van der Waals surface area (Å²) in [4.78, 5) is 44.0. The maximum atomic E-state index is 12.8. The van der Waals surface area contributed by atoms with Crippen LogP contribution in [0, 0.1) is 17.0 Å². The van der Waals surface area contributed by atoms with Gasteiger partial charge in [-0.15, -0.1) is 0 Å². The number of nitrogens with one attached hydrogen (secondary N) is 1. The Morgan fingerprint density at radius 2 is 1.87 bits per heavy atom. The molecule has 30 heavy (non-hydrogen) atoms. The zero-order chi connectivity index (χ0) is 21.3. The third-order valence-corrected chi connectivity index (χ3v) is 4.51. The zero-order valence-electron chi connectivity index (χ0n) is 15.8. The van der Waals surface area contributed by atoms with E-state index in [0.717, 1.165) is 0 Å². The Balaban J connectivity index is 1.62. The fourth-order valence-corrected chi connectivity index (χ4v) is 3.09. The highest BCUT2D eigenvalue weighted by Crippen LogP contribution is 2.17. The fraction of sp³-hybridized carbons (Fsp3) is 0.0476. The van der Waals surface area contributed by atoms with Crippen molar-refractivity contribution in [2.75, 3.05) is 5.32 Å². The largest absolute Gasteiger partial charge is 0.322 e. The van der Waals surface area contributed by atoms with Gasteiger partial charge < -0.3 is 5.32 Å². The molecule has 2 aromatic carbocycles. The number of rotatable bonds is 4. The summed E-state index contributed by atoms with van der Waals surface area (Å²) >= 11 is 0. The number of amides is 1. The third kappa shape index (κ3) is 3.51. The molecule has 2 aromatic heterocycles. The topological polar surface area (TPSA) is 120 Å². The van der Waals surface area contributed by atoms with Gasteiger partial charge in [-0.25, -0.2) is 9.97 Å². The van der Waals surface area contributed by atoms with Gasteiger partial charge in [0.05, 0.1) is 16.0 Å². The smallest absolute Gasteiger partial charge is 0.270 e. The van der Waals surface area contributed by atoms with Crippen LogP contribution in [0.5, 0.6) is 0 Å². The molecule has 2 heterocycles. The Bertz CT molecular complexity index is 1350. The molecular formula is C21H15N5O4. The van der Waals surface area contributed by atoms with Crippen molar-refractivity contribution >= 4 is 28.3 Å². The number of nitro groups is 1. The highest BCUT2D eigenvalue weighted by molar-refractivity contribution is 6.04. The van der Waals surface area contributed by atoms with Crippen molar-refractivity contribution in [1.82, 2.24) is 14.5 Å². The van der Waals surface area contributed by atoms with E-state index in [1.165, 1.54) is 28.8 Å². The van der Waals surface area contributed by atoms with E-state index in [-0.39, 0.29) is 16.8 Å². The van der Waals surface area contributed by atoms with Crippen molar-refractivity contribution in [3.8, 4) is 5.69 Å². The molecule has 1 amide bonds. The van der Waals surface area contributed by atoms with Crippen LogP contribution < -0.4 is 10.9 Å². The highest BCUT2D eigenvalue weighted by atomic mass is 16.6. The molecule has 148 valence electrons. The van der Waals surface area contributed by atoms with Crippen LogP contribution in [0.4, 0.5) is 11.4 Å². The third-order valence-electron chi connectivity index (χ3n) is 4.51. The lowest BCUT2D eigenvalue weighted by Gasteiger charge is -2.11. The summed E-state index contributed by atoms with van der Waals surface area (Å²) in [7, 11) is 0. The van der Waals surface area contributed by atoms with Gasteiger partial charge in [-0.3, -0.25) is 24.3 Å². The molecule has 0 atom stereocenters. The number of carbonyl (C=O) groups excluding carboxylic acids is 1. The molecular weight excluding hydrogens is 386 g/mol. The van der Waals surface area contributed by atoms with Crippen molar-refractivity contribution in [3.05, 3.63) is 98.7 Å². The second-order valence-corrected chi connectivity index (χ2v) is 6.48. The average Bonchev–Trinajstić information content (AvgIpc) is 2.75. The predicted octanol–water partition coefficient (Wildman–Crippen LogP) is 3.25. The SMILES string of the molecule is Cc1nc2ncccc2c(=O)n1-c1ccc(NC(=O)c2cccc([N+](=O)[O-])c2)cc1. The van der Waals surface area contributed by atoms with E-state index in [4.69, 9.17) is 0 Å². The molecule has 1 N–H and O–H groups in total. The molecule has 0 spiro atoms. The van der Waals surface area contributed by atoms with E-state index in [1.807, 2.05) is 0 Å². The number of aromatic nitrogens is 3. The van der Waals surface area contributed by atoms with Crippen LogP contribution in [0.3, 0.4) is 0 Å². The minimum absolute atomic E-state index is 0.161. The van der Waals surface area contributed by atoms with E-state index in [1.54, 1.807) is 49.5 Å². The molecule has 0 saturated carbocycles. The summed E-state index contributed by atoms with van der Waals surface area (Å²) in [6.45, 7) is 1.72. The van der Waals surface area contributed by atoms with Gasteiger partial charge in [-0.1, -0.05) is 6.07 Å². The van der Waals surface area contributed by atoms with Crippen LogP contribution in [0.1, 0.15) is 16.2 Å². The highest BCUT2D eigenvalue weighted by Gasteiger charge is 2.13. The number of benzene rings is 2. The molecule has 0 unspecified atom stereocenters. The first-order valence-corrected chi connectivity index (χ1v) is 8.94. The number of hydrogen-bond acceptors (Lipinski definition) is 6. The van der Waals surface area contributed by atoms with E-state index in [2.05, 4.69) is 15.3 Å². The minimum Gasteiger partial charge on any atom is -0.322 e. The first kappa shape index (κ1) is 18.9. The van der Waals surface area contributed by atoms with Crippen LogP contribution in [0.15, 0.2) is 71.7 Å². The zero-order valence-corrected chi connectivity index (χ0v) is 15.8. The average molecular weight is 401 g/mol. The number of nitrogens with zero attached hydrogens (tertiary/aromatic N) is 4. The second kappa shape index (κ2) is 7.55. The van der Waals surface area contributed by atoms with E-state index in [0.29, 0.717) is 28.2 Å². The lowest BCUT2D eigenvalue weighted by Crippen LogP contribution is -2.22. The summed E-state index contributed by atoms with van der Waals surface area (Å²) in [5.41, 5.74) is 1.23.